The van der Waals surface area contributed by atoms with Crippen molar-refractivity contribution >= 4 is 16.6 Å². The van der Waals surface area contributed by atoms with Crippen LogP contribution in [0.2, 0.25) is 0 Å². The number of hydrogen-bond donors (Lipinski definition) is 1. The molecule has 4 nitrogen and oxygen atoms in total. The van der Waals surface area contributed by atoms with Crippen molar-refractivity contribution in [3.8, 4) is 23.1 Å². The van der Waals surface area contributed by atoms with Crippen molar-refractivity contribution in [2.45, 2.75) is 58.5 Å². The van der Waals surface area contributed by atoms with Crippen LogP contribution in [0, 0.1) is 11.3 Å². The van der Waals surface area contributed by atoms with E-state index >= 15 is 0 Å². The van der Waals surface area contributed by atoms with Gasteiger partial charge in [-0.3, -0.25) is 0 Å². The number of anilines is 1. The number of hydrogen-bond acceptors (Lipinski definition) is 3. The zero-order valence-corrected chi connectivity index (χ0v) is 17.5. The number of nitriles is 1. The van der Waals surface area contributed by atoms with Crippen LogP contribution in [-0.4, -0.2) is 17.2 Å². The van der Waals surface area contributed by atoms with E-state index in [0.717, 1.165) is 45.6 Å². The second-order valence-corrected chi connectivity index (χ2v) is 8.18. The van der Waals surface area contributed by atoms with Crippen LogP contribution in [-0.2, 0) is 0 Å². The number of nitrogens with one attached hydrogen (secondary N) is 1. The van der Waals surface area contributed by atoms with E-state index < -0.39 is 0 Å². The fraction of sp³-hybridized carbons (Fsp3) is 0.400. The summed E-state index contributed by atoms with van der Waals surface area (Å²) < 4.78 is 8.12. The summed E-state index contributed by atoms with van der Waals surface area (Å²) in [6.45, 7) is 7.12. The molecule has 4 rings (SSSR count). The normalized spacial score (nSPS) is 14.0. The second-order valence-electron chi connectivity index (χ2n) is 8.18. The van der Waals surface area contributed by atoms with Gasteiger partial charge in [-0.25, -0.2) is 0 Å². The van der Waals surface area contributed by atoms with Crippen LogP contribution in [0.25, 0.3) is 22.2 Å². The maximum atomic E-state index is 9.99. The Morgan fingerprint density at radius 1 is 1.17 bits per heavy atom. The van der Waals surface area contributed by atoms with Crippen LogP contribution in [0.3, 0.4) is 0 Å². The highest BCUT2D eigenvalue weighted by Gasteiger charge is 2.21. The van der Waals surface area contributed by atoms with Gasteiger partial charge in [0.1, 0.15) is 11.8 Å². The van der Waals surface area contributed by atoms with Gasteiger partial charge < -0.3 is 14.6 Å². The number of aromatic nitrogens is 1. The van der Waals surface area contributed by atoms with Crippen molar-refractivity contribution in [1.29, 1.82) is 5.26 Å². The monoisotopic (exact) mass is 387 g/mol. The Labute approximate surface area is 173 Å². The average Bonchev–Trinajstić information content (AvgIpc) is 3.03. The molecule has 3 aromatic rings. The van der Waals surface area contributed by atoms with E-state index in [1.807, 2.05) is 12.1 Å². The predicted octanol–water partition coefficient (Wildman–Crippen LogP) is 6.51. The summed E-state index contributed by atoms with van der Waals surface area (Å²) in [5.41, 5.74) is 4.99. The molecule has 1 heterocycles. The molecule has 1 saturated carbocycles. The third-order valence-electron chi connectivity index (χ3n) is 5.71. The van der Waals surface area contributed by atoms with Crippen LogP contribution in [0.15, 0.2) is 42.5 Å². The average molecular weight is 388 g/mol. The zero-order chi connectivity index (χ0) is 20.4. The summed E-state index contributed by atoms with van der Waals surface area (Å²) in [6.07, 6.45) is 4.80. The van der Waals surface area contributed by atoms with Crippen molar-refractivity contribution in [2.24, 2.45) is 0 Å². The Bertz CT molecular complexity index is 1040. The van der Waals surface area contributed by atoms with Crippen molar-refractivity contribution in [3.63, 3.8) is 0 Å². The molecule has 0 spiro atoms. The highest BCUT2D eigenvalue weighted by Crippen LogP contribution is 2.38. The summed E-state index contributed by atoms with van der Waals surface area (Å²) in [4.78, 5) is 0. The molecule has 0 aliphatic heterocycles. The first-order valence-corrected chi connectivity index (χ1v) is 10.7. The van der Waals surface area contributed by atoms with Gasteiger partial charge in [0, 0.05) is 29.2 Å². The van der Waals surface area contributed by atoms with Crippen molar-refractivity contribution < 1.29 is 4.74 Å². The van der Waals surface area contributed by atoms with Gasteiger partial charge in [0.05, 0.1) is 23.4 Å². The smallest absolute Gasteiger partial charge is 0.121 e. The quantitative estimate of drug-likeness (QED) is 0.502. The SMILES string of the molecule is CCCOc1ccc2c(C#N)c(-c3ccc(NC4CCC4)cc3)n(C(C)C)c2c1. The van der Waals surface area contributed by atoms with E-state index in [1.54, 1.807) is 0 Å². The number of fused-ring (bicyclic) bond motifs is 1. The Hall–Kier alpha value is -2.93. The first kappa shape index (κ1) is 19.4. The number of nitrogens with zero attached hydrogens (tertiary/aromatic N) is 2. The summed E-state index contributed by atoms with van der Waals surface area (Å²) in [6, 6.07) is 17.9. The summed E-state index contributed by atoms with van der Waals surface area (Å²) in [7, 11) is 0. The molecule has 0 unspecified atom stereocenters. The molecule has 1 N–H and O–H groups in total. The number of ether oxygens (including phenoxy) is 1. The Morgan fingerprint density at radius 3 is 2.52 bits per heavy atom. The lowest BCUT2D eigenvalue weighted by atomic mass is 9.93. The van der Waals surface area contributed by atoms with E-state index in [-0.39, 0.29) is 6.04 Å². The van der Waals surface area contributed by atoms with Crippen molar-refractivity contribution in [1.82, 2.24) is 4.57 Å². The Balaban J connectivity index is 1.79. The van der Waals surface area contributed by atoms with Gasteiger partial charge in [0.25, 0.3) is 0 Å². The molecule has 0 atom stereocenters. The molecule has 150 valence electrons. The number of rotatable bonds is 7. The van der Waals surface area contributed by atoms with Crippen LogP contribution in [0.1, 0.15) is 58.1 Å². The predicted molar refractivity (Wildman–Crippen MR) is 120 cm³/mol. The lowest BCUT2D eigenvalue weighted by molar-refractivity contribution is 0.317. The van der Waals surface area contributed by atoms with E-state index in [9.17, 15) is 5.26 Å². The summed E-state index contributed by atoms with van der Waals surface area (Å²) >= 11 is 0. The minimum absolute atomic E-state index is 0.226. The molecule has 0 bridgehead atoms. The van der Waals surface area contributed by atoms with Gasteiger partial charge in [0.15, 0.2) is 0 Å². The molecule has 1 aliphatic rings. The van der Waals surface area contributed by atoms with Gasteiger partial charge in [-0.15, -0.1) is 0 Å². The van der Waals surface area contributed by atoms with Gasteiger partial charge in [-0.1, -0.05) is 19.1 Å². The van der Waals surface area contributed by atoms with E-state index in [1.165, 1.54) is 19.3 Å². The minimum atomic E-state index is 0.226. The summed E-state index contributed by atoms with van der Waals surface area (Å²) in [5.74, 6) is 0.856. The first-order chi connectivity index (χ1) is 14.1. The molecule has 0 saturated heterocycles. The third kappa shape index (κ3) is 3.70. The highest BCUT2D eigenvalue weighted by atomic mass is 16.5. The summed E-state index contributed by atoms with van der Waals surface area (Å²) in [5, 5.41) is 14.6. The lowest BCUT2D eigenvalue weighted by Crippen LogP contribution is -2.26. The zero-order valence-electron chi connectivity index (χ0n) is 17.5. The molecule has 2 aromatic carbocycles. The van der Waals surface area contributed by atoms with E-state index in [0.29, 0.717) is 12.6 Å². The maximum absolute atomic E-state index is 9.99. The van der Waals surface area contributed by atoms with Crippen LogP contribution >= 0.6 is 0 Å². The van der Waals surface area contributed by atoms with Crippen molar-refractivity contribution in [3.05, 3.63) is 48.0 Å². The number of benzene rings is 2. The lowest BCUT2D eigenvalue weighted by Gasteiger charge is -2.27. The van der Waals surface area contributed by atoms with Crippen molar-refractivity contribution in [2.75, 3.05) is 11.9 Å². The molecular weight excluding hydrogens is 358 g/mol. The molecule has 0 amide bonds. The molecule has 1 aromatic heterocycles. The Kier molecular flexibility index (Phi) is 5.49. The molecule has 4 heteroatoms. The molecule has 1 fully saturated rings. The molecule has 1 aliphatic carbocycles. The van der Waals surface area contributed by atoms with Crippen LogP contribution in [0.4, 0.5) is 5.69 Å². The molecular formula is C25H29N3O. The van der Waals surface area contributed by atoms with Gasteiger partial charge in [-0.2, -0.15) is 5.26 Å². The first-order valence-electron chi connectivity index (χ1n) is 10.7. The largest absolute Gasteiger partial charge is 0.494 e. The minimum Gasteiger partial charge on any atom is -0.494 e. The fourth-order valence-electron chi connectivity index (χ4n) is 4.05. The third-order valence-corrected chi connectivity index (χ3v) is 5.71. The second kappa shape index (κ2) is 8.21. The van der Waals surface area contributed by atoms with Crippen LogP contribution < -0.4 is 10.1 Å². The van der Waals surface area contributed by atoms with Gasteiger partial charge >= 0.3 is 0 Å². The topological polar surface area (TPSA) is 50.0 Å². The van der Waals surface area contributed by atoms with Gasteiger partial charge in [0.2, 0.25) is 0 Å². The highest BCUT2D eigenvalue weighted by molar-refractivity contribution is 5.95. The fourth-order valence-corrected chi connectivity index (χ4v) is 4.05. The van der Waals surface area contributed by atoms with Crippen LogP contribution in [0.5, 0.6) is 5.75 Å². The Morgan fingerprint density at radius 2 is 1.93 bits per heavy atom. The standard InChI is InChI=1S/C25H29N3O/c1-4-14-29-21-12-13-22-23(16-26)25(28(17(2)3)24(22)15-21)18-8-10-20(11-9-18)27-19-6-5-7-19/h8-13,15,17,19,27H,4-7,14H2,1-3H3. The van der Waals surface area contributed by atoms with E-state index in [4.69, 9.17) is 4.74 Å². The van der Waals surface area contributed by atoms with E-state index in [2.05, 4.69) is 67.1 Å². The molecule has 29 heavy (non-hydrogen) atoms. The van der Waals surface area contributed by atoms with Gasteiger partial charge in [-0.05, 0) is 69.4 Å². The molecule has 0 radical (unpaired) electrons. The maximum Gasteiger partial charge on any atom is 0.121 e.